The lowest BCUT2D eigenvalue weighted by Gasteiger charge is -2.25. The first-order valence-electron chi connectivity index (χ1n) is 9.51. The van der Waals surface area contributed by atoms with Gasteiger partial charge in [0.2, 0.25) is 0 Å². The number of nitrogens with zero attached hydrogens (tertiary/aromatic N) is 5. The van der Waals surface area contributed by atoms with Crippen LogP contribution in [0.5, 0.6) is 0 Å². The standard InChI is InChI=1S/C18H29N7S/c1-5-14-9-20-16(26-14)10-21-18(19-6-2)22-13-7-8-15-23-17(12(3)4)24-25(15)11-13/h9,12-13H,5-8,10-11H2,1-4H3,(H2,19,21,22). The minimum atomic E-state index is 0.310. The Kier molecular flexibility index (Phi) is 6.24. The van der Waals surface area contributed by atoms with E-state index >= 15 is 0 Å². The largest absolute Gasteiger partial charge is 0.357 e. The lowest BCUT2D eigenvalue weighted by Crippen LogP contribution is -2.47. The molecule has 142 valence electrons. The van der Waals surface area contributed by atoms with Gasteiger partial charge in [-0.25, -0.2) is 19.6 Å². The highest BCUT2D eigenvalue weighted by Crippen LogP contribution is 2.17. The summed E-state index contributed by atoms with van der Waals surface area (Å²) in [5.74, 6) is 3.25. The van der Waals surface area contributed by atoms with E-state index in [1.54, 1.807) is 11.3 Å². The van der Waals surface area contributed by atoms with Crippen LogP contribution in [0, 0.1) is 0 Å². The van der Waals surface area contributed by atoms with Crippen molar-refractivity contribution in [1.29, 1.82) is 0 Å². The SMILES string of the molecule is CCNC(=NCc1ncc(CC)s1)NC1CCc2nc(C(C)C)nn2C1. The first-order valence-corrected chi connectivity index (χ1v) is 10.3. The number of hydrogen-bond donors (Lipinski definition) is 2. The summed E-state index contributed by atoms with van der Waals surface area (Å²) in [4.78, 5) is 15.1. The Morgan fingerprint density at radius 1 is 1.42 bits per heavy atom. The molecule has 0 fully saturated rings. The number of aryl methyl sites for hydroxylation is 2. The quantitative estimate of drug-likeness (QED) is 0.599. The molecule has 7 nitrogen and oxygen atoms in total. The summed E-state index contributed by atoms with van der Waals surface area (Å²) in [5.41, 5.74) is 0. The van der Waals surface area contributed by atoms with Crippen molar-refractivity contribution in [3.63, 3.8) is 0 Å². The van der Waals surface area contributed by atoms with Crippen LogP contribution in [0.4, 0.5) is 0 Å². The first-order chi connectivity index (χ1) is 12.6. The lowest BCUT2D eigenvalue weighted by atomic mass is 10.1. The van der Waals surface area contributed by atoms with Gasteiger partial charge >= 0.3 is 0 Å². The summed E-state index contributed by atoms with van der Waals surface area (Å²) in [6, 6.07) is 0.310. The van der Waals surface area contributed by atoms with Crippen molar-refractivity contribution in [2.45, 2.75) is 72.0 Å². The van der Waals surface area contributed by atoms with Crippen molar-refractivity contribution in [2.75, 3.05) is 6.54 Å². The molecule has 0 saturated carbocycles. The van der Waals surface area contributed by atoms with Crippen molar-refractivity contribution in [1.82, 2.24) is 30.4 Å². The van der Waals surface area contributed by atoms with Gasteiger partial charge < -0.3 is 10.6 Å². The molecular weight excluding hydrogens is 346 g/mol. The Bertz CT molecular complexity index is 747. The van der Waals surface area contributed by atoms with E-state index in [0.29, 0.717) is 18.5 Å². The molecule has 1 unspecified atom stereocenters. The molecule has 0 bridgehead atoms. The summed E-state index contributed by atoms with van der Waals surface area (Å²) >= 11 is 1.74. The van der Waals surface area contributed by atoms with Crippen molar-refractivity contribution >= 4 is 17.3 Å². The Morgan fingerprint density at radius 3 is 2.96 bits per heavy atom. The number of guanidine groups is 1. The van der Waals surface area contributed by atoms with Crippen LogP contribution in [0.15, 0.2) is 11.2 Å². The zero-order valence-electron chi connectivity index (χ0n) is 16.1. The molecule has 26 heavy (non-hydrogen) atoms. The topological polar surface area (TPSA) is 80.0 Å². The molecule has 0 radical (unpaired) electrons. The number of rotatable bonds is 6. The summed E-state index contributed by atoms with van der Waals surface area (Å²) in [6.45, 7) is 10.8. The van der Waals surface area contributed by atoms with Crippen LogP contribution in [0.3, 0.4) is 0 Å². The molecule has 3 rings (SSSR count). The third-order valence-corrected chi connectivity index (χ3v) is 5.52. The average Bonchev–Trinajstić information content (AvgIpc) is 3.26. The van der Waals surface area contributed by atoms with Crippen molar-refractivity contribution in [2.24, 2.45) is 4.99 Å². The second-order valence-electron chi connectivity index (χ2n) is 6.87. The lowest BCUT2D eigenvalue weighted by molar-refractivity contribution is 0.391. The van der Waals surface area contributed by atoms with Crippen molar-refractivity contribution in [3.05, 3.63) is 27.7 Å². The average molecular weight is 376 g/mol. The van der Waals surface area contributed by atoms with Gasteiger partial charge in [0.1, 0.15) is 10.8 Å². The number of aliphatic imine (C=N–C) groups is 1. The number of aromatic nitrogens is 4. The fraction of sp³-hybridized carbons (Fsp3) is 0.667. The van der Waals surface area contributed by atoms with Gasteiger partial charge in [-0.1, -0.05) is 20.8 Å². The van der Waals surface area contributed by atoms with Gasteiger partial charge in [0.15, 0.2) is 11.8 Å². The number of nitrogens with one attached hydrogen (secondary N) is 2. The Balaban J connectivity index is 1.63. The smallest absolute Gasteiger partial charge is 0.191 e. The number of hydrogen-bond acceptors (Lipinski definition) is 5. The molecule has 3 heterocycles. The predicted molar refractivity (Wildman–Crippen MR) is 106 cm³/mol. The molecule has 8 heteroatoms. The molecule has 1 aliphatic rings. The second kappa shape index (κ2) is 8.62. The van der Waals surface area contributed by atoms with E-state index in [1.165, 1.54) is 4.88 Å². The number of fused-ring (bicyclic) bond motifs is 1. The van der Waals surface area contributed by atoms with Crippen LogP contribution in [-0.4, -0.2) is 38.3 Å². The molecule has 2 aromatic rings. The normalized spacial score (nSPS) is 17.4. The van der Waals surface area contributed by atoms with Gasteiger partial charge in [-0.2, -0.15) is 5.10 Å². The molecule has 0 aromatic carbocycles. The minimum absolute atomic E-state index is 0.310. The summed E-state index contributed by atoms with van der Waals surface area (Å²) in [6.07, 6.45) is 4.97. The van der Waals surface area contributed by atoms with E-state index in [0.717, 1.165) is 55.0 Å². The van der Waals surface area contributed by atoms with Crippen LogP contribution in [0.1, 0.15) is 61.6 Å². The third kappa shape index (κ3) is 4.60. The molecule has 0 amide bonds. The van der Waals surface area contributed by atoms with Crippen LogP contribution in [0.2, 0.25) is 0 Å². The highest BCUT2D eigenvalue weighted by molar-refractivity contribution is 7.11. The maximum Gasteiger partial charge on any atom is 0.191 e. The monoisotopic (exact) mass is 375 g/mol. The van der Waals surface area contributed by atoms with E-state index in [2.05, 4.69) is 58.1 Å². The molecule has 1 aliphatic heterocycles. The van der Waals surface area contributed by atoms with Crippen LogP contribution >= 0.6 is 11.3 Å². The van der Waals surface area contributed by atoms with E-state index in [-0.39, 0.29) is 0 Å². The molecule has 1 atom stereocenters. The maximum atomic E-state index is 4.71. The highest BCUT2D eigenvalue weighted by atomic mass is 32.1. The van der Waals surface area contributed by atoms with Crippen LogP contribution in [-0.2, 0) is 25.9 Å². The zero-order chi connectivity index (χ0) is 18.5. The molecule has 0 spiro atoms. The maximum absolute atomic E-state index is 4.71. The van der Waals surface area contributed by atoms with E-state index in [1.807, 2.05) is 6.20 Å². The Hall–Kier alpha value is -1.96. The van der Waals surface area contributed by atoms with E-state index in [9.17, 15) is 0 Å². The Labute approximate surface area is 159 Å². The van der Waals surface area contributed by atoms with E-state index in [4.69, 9.17) is 4.99 Å². The summed E-state index contributed by atoms with van der Waals surface area (Å²) in [7, 11) is 0. The molecule has 2 aromatic heterocycles. The van der Waals surface area contributed by atoms with E-state index < -0.39 is 0 Å². The van der Waals surface area contributed by atoms with Gasteiger partial charge in [-0.15, -0.1) is 11.3 Å². The highest BCUT2D eigenvalue weighted by Gasteiger charge is 2.23. The van der Waals surface area contributed by atoms with Gasteiger partial charge in [0.05, 0.1) is 13.1 Å². The summed E-state index contributed by atoms with van der Waals surface area (Å²) < 4.78 is 2.05. The van der Waals surface area contributed by atoms with Crippen LogP contribution in [0.25, 0.3) is 0 Å². The molecular formula is C18H29N7S. The predicted octanol–water partition coefficient (Wildman–Crippen LogP) is 2.49. The molecule has 2 N–H and O–H groups in total. The Morgan fingerprint density at radius 2 is 2.27 bits per heavy atom. The summed E-state index contributed by atoms with van der Waals surface area (Å²) in [5, 5.41) is 12.6. The van der Waals surface area contributed by atoms with Gasteiger partial charge in [0.25, 0.3) is 0 Å². The van der Waals surface area contributed by atoms with Crippen molar-refractivity contribution < 1.29 is 0 Å². The third-order valence-electron chi connectivity index (χ3n) is 4.40. The number of thiazole rings is 1. The van der Waals surface area contributed by atoms with Crippen molar-refractivity contribution in [3.8, 4) is 0 Å². The molecule has 0 saturated heterocycles. The molecule has 0 aliphatic carbocycles. The van der Waals surface area contributed by atoms with Gasteiger partial charge in [-0.3, -0.25) is 0 Å². The second-order valence-corrected chi connectivity index (χ2v) is 8.07. The van der Waals surface area contributed by atoms with Gasteiger partial charge in [-0.05, 0) is 19.8 Å². The minimum Gasteiger partial charge on any atom is -0.357 e. The fourth-order valence-corrected chi connectivity index (χ4v) is 3.72. The van der Waals surface area contributed by atoms with Gasteiger partial charge in [0, 0.05) is 36.0 Å². The van der Waals surface area contributed by atoms with Crippen LogP contribution < -0.4 is 10.6 Å². The fourth-order valence-electron chi connectivity index (χ4n) is 2.94. The zero-order valence-corrected chi connectivity index (χ0v) is 16.9. The first kappa shape index (κ1) is 18.8.